The molecule has 1 rings (SSSR count). The molecule has 0 saturated heterocycles. The summed E-state index contributed by atoms with van der Waals surface area (Å²) in [5, 5.41) is 0. The van der Waals surface area contributed by atoms with E-state index < -0.39 is 13.3 Å². The zero-order valence-electron chi connectivity index (χ0n) is 7.69. The molecular formula is C7H13BF3K. The summed E-state index contributed by atoms with van der Waals surface area (Å²) in [5.74, 6) is 0.464. The summed E-state index contributed by atoms with van der Waals surface area (Å²) in [6.45, 7) is -2.84. The summed E-state index contributed by atoms with van der Waals surface area (Å²) in [5.41, 5.74) is 0. The maximum absolute atomic E-state index is 11.8. The van der Waals surface area contributed by atoms with Gasteiger partial charge in [0.05, 0.1) is 0 Å². The fourth-order valence-corrected chi connectivity index (χ4v) is 1.48. The van der Waals surface area contributed by atoms with Crippen LogP contribution in [0.5, 0.6) is 0 Å². The smallest absolute Gasteiger partial charge is 0.449 e. The molecule has 12 heavy (non-hydrogen) atoms. The number of halogens is 3. The molecule has 0 amide bonds. The average Bonchev–Trinajstić information content (AvgIpc) is 2.42. The Morgan fingerprint density at radius 3 is 2.17 bits per heavy atom. The fraction of sp³-hybridized carbons (Fsp3) is 1.00. The molecule has 1 fully saturated rings. The van der Waals surface area contributed by atoms with Gasteiger partial charge in [-0.1, -0.05) is 38.4 Å². The minimum atomic E-state index is -4.55. The van der Waals surface area contributed by atoms with E-state index in [-0.39, 0.29) is 57.3 Å². The molecule has 0 aromatic carbocycles. The normalized spacial score (nSPS) is 20.0. The van der Waals surface area contributed by atoms with E-state index in [1.807, 2.05) is 0 Å². The molecule has 0 aliphatic heterocycles. The molecule has 1 aliphatic rings. The molecule has 1 saturated carbocycles. The van der Waals surface area contributed by atoms with Crippen molar-refractivity contribution >= 4 is 6.98 Å². The van der Waals surface area contributed by atoms with Crippen LogP contribution in [-0.4, -0.2) is 6.98 Å². The van der Waals surface area contributed by atoms with Gasteiger partial charge in [-0.05, 0) is 5.92 Å². The molecule has 0 heterocycles. The maximum atomic E-state index is 11.8. The van der Waals surface area contributed by atoms with Crippen LogP contribution in [0.15, 0.2) is 0 Å². The fourth-order valence-electron chi connectivity index (χ4n) is 1.48. The van der Waals surface area contributed by atoms with Gasteiger partial charge in [-0.25, -0.2) is 0 Å². The monoisotopic (exact) mass is 204 g/mol. The van der Waals surface area contributed by atoms with Crippen molar-refractivity contribution < 1.29 is 64.3 Å². The summed E-state index contributed by atoms with van der Waals surface area (Å²) in [6, 6.07) is 0. The molecule has 0 N–H and O–H groups in total. The maximum Gasteiger partial charge on any atom is 1.00 e. The van der Waals surface area contributed by atoms with E-state index in [1.165, 1.54) is 0 Å². The van der Waals surface area contributed by atoms with Gasteiger partial charge in [0.2, 0.25) is 0 Å². The van der Waals surface area contributed by atoms with Crippen molar-refractivity contribution in [2.75, 3.05) is 0 Å². The topological polar surface area (TPSA) is 0 Å². The first kappa shape index (κ1) is 13.5. The minimum Gasteiger partial charge on any atom is -0.449 e. The van der Waals surface area contributed by atoms with Crippen LogP contribution in [0.4, 0.5) is 12.9 Å². The van der Waals surface area contributed by atoms with E-state index in [2.05, 4.69) is 0 Å². The van der Waals surface area contributed by atoms with Crippen molar-refractivity contribution in [3.05, 3.63) is 0 Å². The first-order valence-corrected chi connectivity index (χ1v) is 4.18. The molecule has 66 valence electrons. The second kappa shape index (κ2) is 5.39. The predicted octanol–water partition coefficient (Wildman–Crippen LogP) is 0.274. The molecule has 0 spiro atoms. The quantitative estimate of drug-likeness (QED) is 0.577. The minimum absolute atomic E-state index is 0. The van der Waals surface area contributed by atoms with Crippen molar-refractivity contribution in [1.82, 2.24) is 0 Å². The Morgan fingerprint density at radius 2 is 1.83 bits per heavy atom. The van der Waals surface area contributed by atoms with E-state index in [1.54, 1.807) is 6.92 Å². The van der Waals surface area contributed by atoms with Gasteiger partial charge in [-0.3, -0.25) is 0 Å². The molecule has 0 aromatic rings. The zero-order valence-corrected chi connectivity index (χ0v) is 10.8. The Bertz CT molecular complexity index is 133. The summed E-state index contributed by atoms with van der Waals surface area (Å²) in [4.78, 5) is 0. The molecule has 1 unspecified atom stereocenters. The standard InChI is InChI=1S/C7H13BF3.K/c1-6(4-7-2-3-7)5-8(9,10)11;/h6-7H,2-5H2,1H3;/q-1;+1. The summed E-state index contributed by atoms with van der Waals surface area (Å²) in [7, 11) is 0. The van der Waals surface area contributed by atoms with Gasteiger partial charge in [0.15, 0.2) is 0 Å². The van der Waals surface area contributed by atoms with Gasteiger partial charge in [0, 0.05) is 0 Å². The third-order valence-corrected chi connectivity index (χ3v) is 2.10. The van der Waals surface area contributed by atoms with E-state index in [0.29, 0.717) is 5.92 Å². The second-order valence-electron chi connectivity index (χ2n) is 3.73. The SMILES string of the molecule is CC(CC1CC1)C[B-](F)(F)F.[K+]. The number of hydrogen-bond donors (Lipinski definition) is 0. The van der Waals surface area contributed by atoms with Gasteiger partial charge in [0.25, 0.3) is 0 Å². The van der Waals surface area contributed by atoms with Crippen molar-refractivity contribution in [1.29, 1.82) is 0 Å². The van der Waals surface area contributed by atoms with Crippen LogP contribution >= 0.6 is 0 Å². The van der Waals surface area contributed by atoms with Crippen LogP contribution < -0.4 is 51.4 Å². The van der Waals surface area contributed by atoms with Crippen LogP contribution in [0, 0.1) is 11.8 Å². The van der Waals surface area contributed by atoms with Crippen molar-refractivity contribution in [3.8, 4) is 0 Å². The van der Waals surface area contributed by atoms with Gasteiger partial charge in [-0.2, -0.15) is 0 Å². The van der Waals surface area contributed by atoms with Crippen LogP contribution in [0.2, 0.25) is 6.32 Å². The molecule has 1 atom stereocenters. The van der Waals surface area contributed by atoms with Gasteiger partial charge >= 0.3 is 58.4 Å². The van der Waals surface area contributed by atoms with E-state index in [0.717, 1.165) is 19.3 Å². The van der Waals surface area contributed by atoms with Crippen molar-refractivity contribution in [3.63, 3.8) is 0 Å². The first-order chi connectivity index (χ1) is 4.97. The van der Waals surface area contributed by atoms with E-state index in [4.69, 9.17) is 0 Å². The Morgan fingerprint density at radius 1 is 1.33 bits per heavy atom. The largest absolute Gasteiger partial charge is 1.00 e. The molecule has 0 radical (unpaired) electrons. The third-order valence-electron chi connectivity index (χ3n) is 2.10. The first-order valence-electron chi connectivity index (χ1n) is 4.18. The second-order valence-corrected chi connectivity index (χ2v) is 3.73. The van der Waals surface area contributed by atoms with Gasteiger partial charge in [-0.15, -0.1) is 0 Å². The average molecular weight is 204 g/mol. The van der Waals surface area contributed by atoms with Crippen molar-refractivity contribution in [2.24, 2.45) is 11.8 Å². The molecule has 1 aliphatic carbocycles. The Hall–Kier alpha value is 1.49. The van der Waals surface area contributed by atoms with E-state index in [9.17, 15) is 12.9 Å². The Labute approximate surface area is 114 Å². The van der Waals surface area contributed by atoms with Gasteiger partial charge < -0.3 is 12.9 Å². The van der Waals surface area contributed by atoms with Crippen LogP contribution in [-0.2, 0) is 0 Å². The Balaban J connectivity index is 0.00000121. The van der Waals surface area contributed by atoms with Crippen LogP contribution in [0.3, 0.4) is 0 Å². The van der Waals surface area contributed by atoms with Crippen molar-refractivity contribution in [2.45, 2.75) is 32.5 Å². The Kier molecular flexibility index (Phi) is 6.06. The van der Waals surface area contributed by atoms with Crippen LogP contribution in [0.1, 0.15) is 26.2 Å². The predicted molar refractivity (Wildman–Crippen MR) is 40.4 cm³/mol. The third kappa shape index (κ3) is 6.95. The van der Waals surface area contributed by atoms with E-state index >= 15 is 0 Å². The number of rotatable bonds is 4. The molecule has 0 bridgehead atoms. The summed E-state index contributed by atoms with van der Waals surface area (Å²) < 4.78 is 35.5. The molecule has 0 nitrogen and oxygen atoms in total. The zero-order chi connectivity index (χ0) is 8.48. The van der Waals surface area contributed by atoms with Crippen LogP contribution in [0.25, 0.3) is 0 Å². The molecule has 0 aromatic heterocycles. The molecule has 5 heteroatoms. The summed E-state index contributed by atoms with van der Waals surface area (Å²) in [6.07, 6.45) is 2.53. The van der Waals surface area contributed by atoms with Gasteiger partial charge in [0.1, 0.15) is 0 Å². The molecular weight excluding hydrogens is 191 g/mol. The summed E-state index contributed by atoms with van der Waals surface area (Å²) >= 11 is 0. The number of hydrogen-bond acceptors (Lipinski definition) is 0.